The van der Waals surface area contributed by atoms with Crippen LogP contribution < -0.4 is 5.32 Å². The van der Waals surface area contributed by atoms with Crippen LogP contribution in [0.5, 0.6) is 0 Å². The van der Waals surface area contributed by atoms with Gasteiger partial charge < -0.3 is 5.32 Å². The standard InChI is InChI=1S/C24H29ClN2O3S.ClH/c1-31(29,30)21-8-4-19(5-9-21)24(28)26-22-10-11-23(22)27-14-12-18(13-15-27)16-17-2-6-20(25)7-3-17;/h2-9,18,22-23H,10-16H2,1H3,(H,26,28);1H/t22-,23-;/m1./s1. The molecule has 0 aromatic heterocycles. The summed E-state index contributed by atoms with van der Waals surface area (Å²) in [5.41, 5.74) is 1.85. The summed E-state index contributed by atoms with van der Waals surface area (Å²) >= 11 is 5.98. The van der Waals surface area contributed by atoms with Gasteiger partial charge in [0.05, 0.1) is 4.90 Å². The van der Waals surface area contributed by atoms with Crippen LogP contribution in [0.25, 0.3) is 0 Å². The third-order valence-electron chi connectivity index (χ3n) is 6.65. The van der Waals surface area contributed by atoms with Crippen molar-refractivity contribution in [2.45, 2.75) is 49.1 Å². The highest BCUT2D eigenvalue weighted by Crippen LogP contribution is 2.31. The summed E-state index contributed by atoms with van der Waals surface area (Å²) in [5, 5.41) is 3.93. The normalized spacial score (nSPS) is 21.9. The predicted octanol–water partition coefficient (Wildman–Crippen LogP) is 4.38. The van der Waals surface area contributed by atoms with Crippen LogP contribution in [-0.4, -0.2) is 50.7 Å². The topological polar surface area (TPSA) is 66.5 Å². The van der Waals surface area contributed by atoms with Crippen molar-refractivity contribution in [3.8, 4) is 0 Å². The SMILES string of the molecule is CS(=O)(=O)c1ccc(C(=O)N[C@@H]2CC[C@H]2N2CCC(Cc3ccc(Cl)cc3)CC2)cc1.Cl. The smallest absolute Gasteiger partial charge is 0.251 e. The molecule has 2 aromatic carbocycles. The van der Waals surface area contributed by atoms with Gasteiger partial charge in [-0.05, 0) is 93.1 Å². The number of benzene rings is 2. The number of carbonyl (C=O) groups is 1. The first-order valence-corrected chi connectivity index (χ1v) is 13.2. The second-order valence-corrected chi connectivity index (χ2v) is 11.3. The number of carbonyl (C=O) groups excluding carboxylic acids is 1. The van der Waals surface area contributed by atoms with Crippen LogP contribution in [0.2, 0.25) is 5.02 Å². The molecule has 1 N–H and O–H groups in total. The summed E-state index contributed by atoms with van der Waals surface area (Å²) in [5.74, 6) is 0.561. The van der Waals surface area contributed by atoms with E-state index in [1.807, 2.05) is 12.1 Å². The Bertz CT molecular complexity index is 1020. The van der Waals surface area contributed by atoms with E-state index in [0.29, 0.717) is 17.5 Å². The Balaban J connectivity index is 0.00000289. The third-order valence-corrected chi connectivity index (χ3v) is 8.04. The summed E-state index contributed by atoms with van der Waals surface area (Å²) in [6, 6.07) is 14.9. The number of hydrogen-bond donors (Lipinski definition) is 1. The molecule has 1 amide bonds. The minimum atomic E-state index is -3.26. The lowest BCUT2D eigenvalue weighted by molar-refractivity contribution is 0.0490. The number of rotatable bonds is 6. The summed E-state index contributed by atoms with van der Waals surface area (Å²) < 4.78 is 23.2. The van der Waals surface area contributed by atoms with Crippen LogP contribution in [0.1, 0.15) is 41.6 Å². The molecule has 2 aliphatic rings. The molecule has 0 bridgehead atoms. The Morgan fingerprint density at radius 1 is 1.00 bits per heavy atom. The van der Waals surface area contributed by atoms with Crippen LogP contribution in [0, 0.1) is 5.92 Å². The maximum Gasteiger partial charge on any atom is 0.251 e. The molecule has 0 unspecified atom stereocenters. The predicted molar refractivity (Wildman–Crippen MR) is 131 cm³/mol. The van der Waals surface area contributed by atoms with Gasteiger partial charge in [0.1, 0.15) is 0 Å². The van der Waals surface area contributed by atoms with Crippen LogP contribution in [0.15, 0.2) is 53.4 Å². The van der Waals surface area contributed by atoms with Crippen molar-refractivity contribution >= 4 is 39.8 Å². The van der Waals surface area contributed by atoms with Crippen molar-refractivity contribution in [3.63, 3.8) is 0 Å². The van der Waals surface area contributed by atoms with Crippen molar-refractivity contribution in [1.29, 1.82) is 0 Å². The van der Waals surface area contributed by atoms with Gasteiger partial charge in [-0.3, -0.25) is 9.69 Å². The van der Waals surface area contributed by atoms with Crippen molar-refractivity contribution in [2.24, 2.45) is 5.92 Å². The zero-order chi connectivity index (χ0) is 22.0. The maximum absolute atomic E-state index is 12.6. The fourth-order valence-corrected chi connectivity index (χ4v) is 5.39. The summed E-state index contributed by atoms with van der Waals surface area (Å²) in [6.07, 6.45) is 6.71. The zero-order valence-electron chi connectivity index (χ0n) is 18.2. The van der Waals surface area contributed by atoms with Gasteiger partial charge >= 0.3 is 0 Å². The Morgan fingerprint density at radius 3 is 2.16 bits per heavy atom. The van der Waals surface area contributed by atoms with Crippen LogP contribution >= 0.6 is 24.0 Å². The van der Waals surface area contributed by atoms with Gasteiger partial charge in [-0.25, -0.2) is 8.42 Å². The molecule has 174 valence electrons. The molecule has 0 radical (unpaired) electrons. The number of halogens is 2. The second-order valence-electron chi connectivity index (χ2n) is 8.83. The lowest BCUT2D eigenvalue weighted by Crippen LogP contribution is -2.59. The molecule has 4 rings (SSSR count). The summed E-state index contributed by atoms with van der Waals surface area (Å²) in [6.45, 7) is 2.14. The van der Waals surface area contributed by atoms with E-state index in [9.17, 15) is 13.2 Å². The first-order chi connectivity index (χ1) is 14.8. The molecule has 1 heterocycles. The molecule has 32 heavy (non-hydrogen) atoms. The lowest BCUT2D eigenvalue weighted by atomic mass is 9.82. The number of amides is 1. The highest BCUT2D eigenvalue weighted by atomic mass is 35.5. The number of piperidine rings is 1. The lowest BCUT2D eigenvalue weighted by Gasteiger charge is -2.47. The van der Waals surface area contributed by atoms with E-state index < -0.39 is 9.84 Å². The van der Waals surface area contributed by atoms with E-state index in [0.717, 1.165) is 37.4 Å². The Labute approximate surface area is 201 Å². The van der Waals surface area contributed by atoms with E-state index in [4.69, 9.17) is 11.6 Å². The van der Waals surface area contributed by atoms with Gasteiger partial charge in [-0.2, -0.15) is 0 Å². The van der Waals surface area contributed by atoms with E-state index >= 15 is 0 Å². The Morgan fingerprint density at radius 2 is 1.62 bits per heavy atom. The summed E-state index contributed by atoms with van der Waals surface area (Å²) in [7, 11) is -3.26. The molecular weight excluding hydrogens is 467 g/mol. The molecule has 1 aliphatic heterocycles. The van der Waals surface area contributed by atoms with E-state index in [2.05, 4.69) is 22.3 Å². The van der Waals surface area contributed by atoms with E-state index in [1.165, 1.54) is 36.8 Å². The molecule has 1 saturated carbocycles. The number of hydrogen-bond acceptors (Lipinski definition) is 4. The fraction of sp³-hybridized carbons (Fsp3) is 0.458. The minimum absolute atomic E-state index is 0. The largest absolute Gasteiger partial charge is 0.348 e. The number of nitrogens with one attached hydrogen (secondary N) is 1. The van der Waals surface area contributed by atoms with Crippen molar-refractivity contribution in [2.75, 3.05) is 19.3 Å². The van der Waals surface area contributed by atoms with Gasteiger partial charge in [0.2, 0.25) is 0 Å². The minimum Gasteiger partial charge on any atom is -0.348 e. The van der Waals surface area contributed by atoms with Gasteiger partial charge in [0.25, 0.3) is 5.91 Å². The monoisotopic (exact) mass is 496 g/mol. The number of nitrogens with zero attached hydrogens (tertiary/aromatic N) is 1. The highest BCUT2D eigenvalue weighted by molar-refractivity contribution is 7.90. The fourth-order valence-electron chi connectivity index (χ4n) is 4.64. The first-order valence-electron chi connectivity index (χ1n) is 10.9. The molecular formula is C24H30Cl2N2O3S. The van der Waals surface area contributed by atoms with E-state index in [1.54, 1.807) is 12.1 Å². The second kappa shape index (κ2) is 10.6. The van der Waals surface area contributed by atoms with Crippen LogP contribution in [0.4, 0.5) is 0 Å². The number of likely N-dealkylation sites (tertiary alicyclic amines) is 1. The first kappa shape index (κ1) is 25.0. The molecule has 8 heteroatoms. The molecule has 1 saturated heterocycles. The van der Waals surface area contributed by atoms with Gasteiger partial charge in [-0.1, -0.05) is 23.7 Å². The average Bonchev–Trinajstić information content (AvgIpc) is 2.73. The van der Waals surface area contributed by atoms with E-state index in [-0.39, 0.29) is 29.3 Å². The molecule has 5 nitrogen and oxygen atoms in total. The molecule has 2 fully saturated rings. The zero-order valence-corrected chi connectivity index (χ0v) is 20.6. The Kier molecular flexibility index (Phi) is 8.26. The average molecular weight is 497 g/mol. The molecule has 2 aromatic rings. The quantitative estimate of drug-likeness (QED) is 0.644. The Hall–Kier alpha value is -1.60. The third kappa shape index (κ3) is 6.04. The van der Waals surface area contributed by atoms with Gasteiger partial charge in [0, 0.05) is 28.9 Å². The molecule has 2 atom stereocenters. The highest BCUT2D eigenvalue weighted by Gasteiger charge is 2.38. The van der Waals surface area contributed by atoms with Crippen LogP contribution in [-0.2, 0) is 16.3 Å². The van der Waals surface area contributed by atoms with Crippen molar-refractivity contribution in [1.82, 2.24) is 10.2 Å². The maximum atomic E-state index is 12.6. The molecule has 0 spiro atoms. The van der Waals surface area contributed by atoms with Crippen molar-refractivity contribution < 1.29 is 13.2 Å². The van der Waals surface area contributed by atoms with Gasteiger partial charge in [0.15, 0.2) is 9.84 Å². The van der Waals surface area contributed by atoms with Crippen LogP contribution in [0.3, 0.4) is 0 Å². The summed E-state index contributed by atoms with van der Waals surface area (Å²) in [4.78, 5) is 15.4. The number of sulfone groups is 1. The van der Waals surface area contributed by atoms with Gasteiger partial charge in [-0.15, -0.1) is 12.4 Å². The molecule has 1 aliphatic carbocycles. The van der Waals surface area contributed by atoms with Crippen molar-refractivity contribution in [3.05, 3.63) is 64.7 Å².